The number of nitrogens with two attached hydrogens (primary N) is 2. The molecule has 4 aromatic rings. The van der Waals surface area contributed by atoms with Crippen LogP contribution in [0.5, 0.6) is 23.0 Å². The van der Waals surface area contributed by atoms with Gasteiger partial charge >= 0.3 is 0 Å². The summed E-state index contributed by atoms with van der Waals surface area (Å²) in [5.41, 5.74) is 12.7. The molecule has 0 aliphatic heterocycles. The van der Waals surface area contributed by atoms with E-state index in [-0.39, 0.29) is 22.2 Å². The summed E-state index contributed by atoms with van der Waals surface area (Å²) in [6.07, 6.45) is 0. The molecule has 0 aliphatic rings. The number of ether oxygens (including phenoxy) is 2. The van der Waals surface area contributed by atoms with E-state index in [2.05, 4.69) is 0 Å². The molecule has 0 aliphatic carbocycles. The van der Waals surface area contributed by atoms with E-state index in [1.54, 1.807) is 72.8 Å². The molecule has 0 aromatic heterocycles. The van der Waals surface area contributed by atoms with Crippen molar-refractivity contribution in [2.24, 2.45) is 0 Å². The second-order valence-corrected chi connectivity index (χ2v) is 8.75. The molecular weight excluding hydrogens is 448 g/mol. The Morgan fingerprint density at radius 1 is 0.531 bits per heavy atom. The second-order valence-electron chi connectivity index (χ2n) is 6.80. The number of anilines is 2. The van der Waals surface area contributed by atoms with Crippen molar-refractivity contribution >= 4 is 33.6 Å². The summed E-state index contributed by atoms with van der Waals surface area (Å²) in [5.74, 6) is 2.17. The van der Waals surface area contributed by atoms with Gasteiger partial charge in [0, 0.05) is 23.5 Å². The molecule has 0 saturated carbocycles. The molecule has 0 amide bonds. The molecule has 0 saturated heterocycles. The Kier molecular flexibility index (Phi) is 6.92. The Bertz CT molecular complexity index is 1210. The first-order valence-corrected chi connectivity index (χ1v) is 10.9. The van der Waals surface area contributed by atoms with Crippen molar-refractivity contribution in [3.63, 3.8) is 0 Å². The maximum absolute atomic E-state index is 12.9. The van der Waals surface area contributed by atoms with Gasteiger partial charge in [-0.25, -0.2) is 8.42 Å². The predicted molar refractivity (Wildman–Crippen MR) is 127 cm³/mol. The average Bonchev–Trinajstić information content (AvgIpc) is 2.75. The lowest BCUT2D eigenvalue weighted by Crippen LogP contribution is -2.01. The van der Waals surface area contributed by atoms with E-state index < -0.39 is 9.84 Å². The zero-order valence-electron chi connectivity index (χ0n) is 16.8. The Labute approximate surface area is 192 Å². The summed E-state index contributed by atoms with van der Waals surface area (Å²) < 4.78 is 37.3. The van der Waals surface area contributed by atoms with Gasteiger partial charge in [0.25, 0.3) is 0 Å². The minimum absolute atomic E-state index is 0. The Balaban J connectivity index is 0.00000289. The van der Waals surface area contributed by atoms with Gasteiger partial charge in [0.2, 0.25) is 9.84 Å². The number of benzene rings is 4. The van der Waals surface area contributed by atoms with E-state index in [9.17, 15) is 8.42 Å². The molecule has 0 spiro atoms. The maximum atomic E-state index is 12.9. The fourth-order valence-electron chi connectivity index (χ4n) is 2.94. The highest BCUT2D eigenvalue weighted by atomic mass is 35.5. The molecule has 0 heterocycles. The number of hydrogen-bond acceptors (Lipinski definition) is 6. The molecule has 4 rings (SSSR count). The fraction of sp³-hybridized carbons (Fsp3) is 0. The maximum Gasteiger partial charge on any atom is 0.206 e. The standard InChI is InChI=1S/C24H20N2O4S.ClH/c25-17-3-1-5-21(15-17)29-19-7-11-23(12-8-19)31(27,28)24-13-9-20(10-14-24)30-22-6-2-4-18(26)16-22;/h1-16H,25-26H2;1H. The SMILES string of the molecule is Cl.Nc1cccc(Oc2ccc(S(=O)(=O)c3ccc(Oc4cccc(N)c4)cc3)cc2)c1. The van der Waals surface area contributed by atoms with Crippen LogP contribution in [0.2, 0.25) is 0 Å². The van der Waals surface area contributed by atoms with Crippen molar-refractivity contribution in [1.29, 1.82) is 0 Å². The quantitative estimate of drug-likeness (QED) is 0.352. The minimum Gasteiger partial charge on any atom is -0.457 e. The van der Waals surface area contributed by atoms with Crippen LogP contribution in [0.4, 0.5) is 11.4 Å². The highest BCUT2D eigenvalue weighted by Gasteiger charge is 2.18. The number of halogens is 1. The molecular formula is C24H21ClN2O4S. The average molecular weight is 469 g/mol. The number of nitrogen functional groups attached to an aromatic ring is 2. The molecule has 0 bridgehead atoms. The third-order valence-electron chi connectivity index (χ3n) is 4.46. The number of hydrogen-bond donors (Lipinski definition) is 2. The smallest absolute Gasteiger partial charge is 0.206 e. The first-order valence-electron chi connectivity index (χ1n) is 9.42. The summed E-state index contributed by atoms with van der Waals surface area (Å²) in [4.78, 5) is 0.328. The third-order valence-corrected chi connectivity index (χ3v) is 6.24. The van der Waals surface area contributed by atoms with Gasteiger partial charge in [0.15, 0.2) is 0 Å². The highest BCUT2D eigenvalue weighted by Crippen LogP contribution is 2.29. The number of rotatable bonds is 6. The lowest BCUT2D eigenvalue weighted by atomic mass is 10.3. The zero-order valence-corrected chi connectivity index (χ0v) is 18.5. The zero-order chi connectivity index (χ0) is 21.8. The third kappa shape index (κ3) is 5.32. The van der Waals surface area contributed by atoms with Crippen LogP contribution in [-0.2, 0) is 9.84 Å². The topological polar surface area (TPSA) is 105 Å². The van der Waals surface area contributed by atoms with Crippen LogP contribution >= 0.6 is 12.4 Å². The first kappa shape index (κ1) is 23.0. The summed E-state index contributed by atoms with van der Waals surface area (Å²) in [7, 11) is -3.68. The van der Waals surface area contributed by atoms with Crippen molar-refractivity contribution in [1.82, 2.24) is 0 Å². The van der Waals surface area contributed by atoms with E-state index in [0.29, 0.717) is 34.4 Å². The monoisotopic (exact) mass is 468 g/mol. The molecule has 0 atom stereocenters. The molecule has 0 fully saturated rings. The van der Waals surface area contributed by atoms with E-state index in [4.69, 9.17) is 20.9 Å². The minimum atomic E-state index is -3.68. The molecule has 0 unspecified atom stereocenters. The molecule has 4 N–H and O–H groups in total. The summed E-state index contributed by atoms with van der Waals surface area (Å²) in [6, 6.07) is 26.5. The van der Waals surface area contributed by atoms with Crippen molar-refractivity contribution < 1.29 is 17.9 Å². The van der Waals surface area contributed by atoms with Crippen LogP contribution in [-0.4, -0.2) is 8.42 Å². The van der Waals surface area contributed by atoms with Gasteiger partial charge in [-0.3, -0.25) is 0 Å². The van der Waals surface area contributed by atoms with Gasteiger partial charge in [-0.1, -0.05) is 12.1 Å². The van der Waals surface area contributed by atoms with Crippen molar-refractivity contribution in [2.45, 2.75) is 9.79 Å². The van der Waals surface area contributed by atoms with Gasteiger partial charge in [0.05, 0.1) is 9.79 Å². The molecule has 4 aromatic carbocycles. The van der Waals surface area contributed by atoms with Crippen LogP contribution in [0, 0.1) is 0 Å². The van der Waals surface area contributed by atoms with Crippen molar-refractivity contribution in [3.05, 3.63) is 97.1 Å². The van der Waals surface area contributed by atoms with Crippen molar-refractivity contribution in [3.8, 4) is 23.0 Å². The number of sulfone groups is 1. The van der Waals surface area contributed by atoms with E-state index in [1.165, 1.54) is 24.3 Å². The van der Waals surface area contributed by atoms with Gasteiger partial charge in [0.1, 0.15) is 23.0 Å². The lowest BCUT2D eigenvalue weighted by Gasteiger charge is -2.10. The van der Waals surface area contributed by atoms with Gasteiger partial charge in [-0.05, 0) is 72.8 Å². The molecule has 32 heavy (non-hydrogen) atoms. The molecule has 8 heteroatoms. The second kappa shape index (κ2) is 9.64. The Morgan fingerprint density at radius 2 is 0.906 bits per heavy atom. The molecule has 6 nitrogen and oxygen atoms in total. The highest BCUT2D eigenvalue weighted by molar-refractivity contribution is 7.91. The Morgan fingerprint density at radius 3 is 1.25 bits per heavy atom. The summed E-state index contributed by atoms with van der Waals surface area (Å²) >= 11 is 0. The van der Waals surface area contributed by atoms with E-state index in [0.717, 1.165) is 0 Å². The summed E-state index contributed by atoms with van der Waals surface area (Å²) in [5, 5.41) is 0. The molecule has 0 radical (unpaired) electrons. The van der Waals surface area contributed by atoms with Crippen LogP contribution in [0.25, 0.3) is 0 Å². The predicted octanol–water partition coefficient (Wildman–Crippen LogP) is 5.69. The van der Waals surface area contributed by atoms with Crippen LogP contribution < -0.4 is 20.9 Å². The van der Waals surface area contributed by atoms with E-state index >= 15 is 0 Å². The van der Waals surface area contributed by atoms with Gasteiger partial charge in [-0.15, -0.1) is 12.4 Å². The fourth-order valence-corrected chi connectivity index (χ4v) is 4.20. The first-order chi connectivity index (χ1) is 14.9. The van der Waals surface area contributed by atoms with Gasteiger partial charge < -0.3 is 20.9 Å². The van der Waals surface area contributed by atoms with Gasteiger partial charge in [-0.2, -0.15) is 0 Å². The van der Waals surface area contributed by atoms with Crippen LogP contribution in [0.15, 0.2) is 107 Å². The molecule has 164 valence electrons. The summed E-state index contributed by atoms with van der Waals surface area (Å²) in [6.45, 7) is 0. The van der Waals surface area contributed by atoms with Crippen LogP contribution in [0.1, 0.15) is 0 Å². The van der Waals surface area contributed by atoms with Crippen LogP contribution in [0.3, 0.4) is 0 Å². The lowest BCUT2D eigenvalue weighted by molar-refractivity contribution is 0.482. The van der Waals surface area contributed by atoms with E-state index in [1.807, 2.05) is 0 Å². The Hall–Kier alpha value is -3.68. The largest absolute Gasteiger partial charge is 0.457 e. The normalized spacial score (nSPS) is 10.8. The van der Waals surface area contributed by atoms with Crippen molar-refractivity contribution in [2.75, 3.05) is 11.5 Å².